The van der Waals surface area contributed by atoms with Crippen LogP contribution in [0.1, 0.15) is 23.6 Å². The Bertz CT molecular complexity index is 1220. The smallest absolute Gasteiger partial charge is 0.262 e. The first-order valence-electron chi connectivity index (χ1n) is 10.5. The van der Waals surface area contributed by atoms with Gasteiger partial charge in [0.15, 0.2) is 6.61 Å². The minimum absolute atomic E-state index is 0.0981. The van der Waals surface area contributed by atoms with Gasteiger partial charge in [0.25, 0.3) is 15.9 Å². The van der Waals surface area contributed by atoms with Crippen LogP contribution in [-0.4, -0.2) is 27.5 Å². The van der Waals surface area contributed by atoms with Crippen LogP contribution in [0.15, 0.2) is 65.6 Å². The Kier molecular flexibility index (Phi) is 7.60. The van der Waals surface area contributed by atoms with E-state index in [2.05, 4.69) is 10.0 Å². The minimum atomic E-state index is -3.78. The van der Waals surface area contributed by atoms with Crippen molar-refractivity contribution in [3.63, 3.8) is 0 Å². The maximum absolute atomic E-state index is 12.8. The normalized spacial score (nSPS) is 11.0. The molecule has 0 aliphatic carbocycles. The first-order chi connectivity index (χ1) is 15.7. The molecule has 0 saturated carbocycles. The quantitative estimate of drug-likeness (QED) is 0.469. The number of benzene rings is 3. The molecule has 3 rings (SSSR count). The van der Waals surface area contributed by atoms with Gasteiger partial charge in [0.05, 0.1) is 11.5 Å². The summed E-state index contributed by atoms with van der Waals surface area (Å²) >= 11 is 0. The number of hydrogen-bond donors (Lipinski definition) is 2. The van der Waals surface area contributed by atoms with Crippen LogP contribution in [0, 0.1) is 20.8 Å². The Morgan fingerprint density at radius 1 is 0.848 bits per heavy atom. The summed E-state index contributed by atoms with van der Waals surface area (Å²) in [5.74, 6) is 0.804. The number of carbonyl (C=O) groups is 1. The maximum atomic E-state index is 12.8. The van der Waals surface area contributed by atoms with Gasteiger partial charge in [0, 0.05) is 11.4 Å². The molecule has 0 radical (unpaired) electrons. The fourth-order valence-electron chi connectivity index (χ4n) is 3.34. The zero-order valence-corrected chi connectivity index (χ0v) is 20.0. The van der Waals surface area contributed by atoms with Crippen LogP contribution in [0.4, 0.5) is 11.4 Å². The van der Waals surface area contributed by atoms with Crippen molar-refractivity contribution in [2.75, 3.05) is 23.3 Å². The zero-order valence-electron chi connectivity index (χ0n) is 19.1. The van der Waals surface area contributed by atoms with Gasteiger partial charge < -0.3 is 14.8 Å². The average Bonchev–Trinajstić information content (AvgIpc) is 2.73. The van der Waals surface area contributed by atoms with Gasteiger partial charge in [0.1, 0.15) is 11.5 Å². The van der Waals surface area contributed by atoms with Crippen molar-refractivity contribution < 1.29 is 22.7 Å². The number of hydrogen-bond acceptors (Lipinski definition) is 5. The van der Waals surface area contributed by atoms with Crippen molar-refractivity contribution in [2.24, 2.45) is 0 Å². The highest BCUT2D eigenvalue weighted by Gasteiger charge is 2.16. The van der Waals surface area contributed by atoms with Crippen molar-refractivity contribution in [3.05, 3.63) is 77.4 Å². The molecule has 0 bridgehead atoms. The van der Waals surface area contributed by atoms with E-state index in [4.69, 9.17) is 9.47 Å². The molecule has 0 heterocycles. The van der Waals surface area contributed by atoms with Crippen molar-refractivity contribution in [2.45, 2.75) is 32.6 Å². The van der Waals surface area contributed by atoms with Crippen molar-refractivity contribution in [1.82, 2.24) is 0 Å². The molecule has 0 aliphatic heterocycles. The molecule has 0 saturated heterocycles. The Hall–Kier alpha value is -3.52. The summed E-state index contributed by atoms with van der Waals surface area (Å²) in [4.78, 5) is 12.4. The first-order valence-corrected chi connectivity index (χ1v) is 12.0. The summed E-state index contributed by atoms with van der Waals surface area (Å²) in [6.45, 7) is 7.87. The van der Waals surface area contributed by atoms with E-state index in [0.717, 1.165) is 11.1 Å². The number of rotatable bonds is 9. The summed E-state index contributed by atoms with van der Waals surface area (Å²) in [5, 5.41) is 2.81. The molecule has 33 heavy (non-hydrogen) atoms. The summed E-state index contributed by atoms with van der Waals surface area (Å²) in [5.41, 5.74) is 3.85. The third kappa shape index (κ3) is 6.73. The highest BCUT2D eigenvalue weighted by Crippen LogP contribution is 2.24. The van der Waals surface area contributed by atoms with Crippen molar-refractivity contribution >= 4 is 27.3 Å². The molecule has 3 aromatic rings. The lowest BCUT2D eigenvalue weighted by molar-refractivity contribution is -0.118. The molecule has 0 atom stereocenters. The number of carbonyl (C=O) groups excluding carboxylic acids is 1. The SMILES string of the molecule is CCOc1ccc(NS(=O)(=O)c2ccc(OCC(=O)Nc3cc(C)cc(C)c3)c(C)c2)cc1. The summed E-state index contributed by atoms with van der Waals surface area (Å²) in [6.07, 6.45) is 0. The van der Waals surface area contributed by atoms with Crippen LogP contribution in [0.5, 0.6) is 11.5 Å². The van der Waals surface area contributed by atoms with E-state index in [9.17, 15) is 13.2 Å². The lowest BCUT2D eigenvalue weighted by Crippen LogP contribution is -2.20. The number of amides is 1. The van der Waals surface area contributed by atoms with Gasteiger partial charge in [-0.2, -0.15) is 0 Å². The predicted octanol–water partition coefficient (Wildman–Crippen LogP) is 4.83. The van der Waals surface area contributed by atoms with Crippen molar-refractivity contribution in [1.29, 1.82) is 0 Å². The maximum Gasteiger partial charge on any atom is 0.262 e. The fraction of sp³-hybridized carbons (Fsp3) is 0.240. The van der Waals surface area contributed by atoms with Crippen LogP contribution < -0.4 is 19.5 Å². The Balaban J connectivity index is 1.63. The van der Waals surface area contributed by atoms with Crippen LogP contribution in [0.3, 0.4) is 0 Å². The van der Waals surface area contributed by atoms with E-state index >= 15 is 0 Å². The summed E-state index contributed by atoms with van der Waals surface area (Å²) in [6, 6.07) is 17.0. The molecule has 0 spiro atoms. The van der Waals surface area contributed by atoms with Crippen LogP contribution in [0.25, 0.3) is 0 Å². The molecule has 0 unspecified atom stereocenters. The van der Waals surface area contributed by atoms with Gasteiger partial charge >= 0.3 is 0 Å². The van der Waals surface area contributed by atoms with E-state index < -0.39 is 10.0 Å². The molecule has 8 heteroatoms. The largest absolute Gasteiger partial charge is 0.494 e. The fourth-order valence-corrected chi connectivity index (χ4v) is 4.48. The molecular formula is C25H28N2O5S. The molecular weight excluding hydrogens is 440 g/mol. The minimum Gasteiger partial charge on any atom is -0.494 e. The Morgan fingerprint density at radius 2 is 1.52 bits per heavy atom. The van der Waals surface area contributed by atoms with Gasteiger partial charge in [-0.05, 0) is 99.0 Å². The van der Waals surface area contributed by atoms with Gasteiger partial charge in [-0.15, -0.1) is 0 Å². The molecule has 0 fully saturated rings. The van der Waals surface area contributed by atoms with Gasteiger partial charge in [-0.3, -0.25) is 9.52 Å². The second kappa shape index (κ2) is 10.4. The van der Waals surface area contributed by atoms with Crippen molar-refractivity contribution in [3.8, 4) is 11.5 Å². The standard InChI is InChI=1S/C25H28N2O5S/c1-5-31-22-8-6-20(7-9-22)27-33(29,30)23-10-11-24(19(4)15-23)32-16-25(28)26-21-13-17(2)12-18(3)14-21/h6-15,27H,5,16H2,1-4H3,(H,26,28). The number of nitrogens with one attached hydrogen (secondary N) is 2. The lowest BCUT2D eigenvalue weighted by Gasteiger charge is -2.13. The van der Waals surface area contributed by atoms with E-state index in [1.54, 1.807) is 37.3 Å². The van der Waals surface area contributed by atoms with Gasteiger partial charge in [0.2, 0.25) is 0 Å². The molecule has 7 nitrogen and oxygen atoms in total. The van der Waals surface area contributed by atoms with Crippen LogP contribution in [0.2, 0.25) is 0 Å². The van der Waals surface area contributed by atoms with E-state index in [-0.39, 0.29) is 17.4 Å². The second-order valence-corrected chi connectivity index (χ2v) is 9.39. The molecule has 3 aromatic carbocycles. The van der Waals surface area contributed by atoms with E-state index in [1.165, 1.54) is 12.1 Å². The predicted molar refractivity (Wildman–Crippen MR) is 130 cm³/mol. The van der Waals surface area contributed by atoms with Crippen LogP contribution >= 0.6 is 0 Å². The average molecular weight is 469 g/mol. The number of aryl methyl sites for hydroxylation is 3. The molecule has 2 N–H and O–H groups in total. The monoisotopic (exact) mass is 468 g/mol. The van der Waals surface area contributed by atoms with E-state index in [1.807, 2.05) is 39.0 Å². The highest BCUT2D eigenvalue weighted by atomic mass is 32.2. The zero-order chi connectivity index (χ0) is 24.0. The number of anilines is 2. The Labute approximate surface area is 194 Å². The summed E-state index contributed by atoms with van der Waals surface area (Å²) < 4.78 is 39.0. The second-order valence-electron chi connectivity index (χ2n) is 7.70. The third-order valence-electron chi connectivity index (χ3n) is 4.74. The lowest BCUT2D eigenvalue weighted by atomic mass is 10.1. The van der Waals surface area contributed by atoms with E-state index in [0.29, 0.717) is 35.0 Å². The van der Waals surface area contributed by atoms with Gasteiger partial charge in [-0.1, -0.05) is 6.07 Å². The highest BCUT2D eigenvalue weighted by molar-refractivity contribution is 7.92. The molecule has 0 aliphatic rings. The Morgan fingerprint density at radius 3 is 2.12 bits per heavy atom. The number of ether oxygens (including phenoxy) is 2. The molecule has 174 valence electrons. The topological polar surface area (TPSA) is 93.7 Å². The molecule has 0 aromatic heterocycles. The van der Waals surface area contributed by atoms with Crippen LogP contribution in [-0.2, 0) is 14.8 Å². The summed E-state index contributed by atoms with van der Waals surface area (Å²) in [7, 11) is -3.78. The first kappa shape index (κ1) is 24.1. The third-order valence-corrected chi connectivity index (χ3v) is 6.12. The number of sulfonamides is 1. The molecule has 1 amide bonds. The van der Waals surface area contributed by atoms with Gasteiger partial charge in [-0.25, -0.2) is 8.42 Å².